The number of benzene rings is 1. The highest BCUT2D eigenvalue weighted by Gasteiger charge is 2.07. The van der Waals surface area contributed by atoms with E-state index in [0.29, 0.717) is 11.4 Å². The summed E-state index contributed by atoms with van der Waals surface area (Å²) in [6.07, 6.45) is 3.35. The number of pyridine rings is 1. The number of amides is 1. The predicted octanol–water partition coefficient (Wildman–Crippen LogP) is 2.21. The van der Waals surface area contributed by atoms with Crippen LogP contribution in [0.5, 0.6) is 0 Å². The van der Waals surface area contributed by atoms with E-state index in [1.165, 1.54) is 0 Å². The number of hydrogen-bond acceptors (Lipinski definition) is 3. The highest BCUT2D eigenvalue weighted by Crippen LogP contribution is 2.13. The second-order valence-corrected chi connectivity index (χ2v) is 3.84. The molecule has 0 aliphatic heterocycles. The third-order valence-electron chi connectivity index (χ3n) is 2.61. The van der Waals surface area contributed by atoms with Crippen LogP contribution >= 0.6 is 0 Å². The Labute approximate surface area is 103 Å². The molecular weight excluding hydrogens is 228 g/mol. The highest BCUT2D eigenvalue weighted by atomic mass is 16.1. The highest BCUT2D eigenvalue weighted by molar-refractivity contribution is 6.05. The zero-order chi connectivity index (χ0) is 12.4. The Balaban J connectivity index is 1.87. The number of aromatic nitrogens is 3. The molecule has 0 aliphatic carbocycles. The second-order valence-electron chi connectivity index (χ2n) is 3.84. The van der Waals surface area contributed by atoms with Crippen LogP contribution in [0, 0.1) is 0 Å². The van der Waals surface area contributed by atoms with Gasteiger partial charge in [0.2, 0.25) is 0 Å². The molecule has 3 rings (SSSR count). The average Bonchev–Trinajstić information content (AvgIpc) is 2.87. The van der Waals surface area contributed by atoms with Crippen molar-refractivity contribution in [1.29, 1.82) is 0 Å². The fraction of sp³-hybridized carbons (Fsp3) is 0. The van der Waals surface area contributed by atoms with Crippen molar-refractivity contribution >= 4 is 22.6 Å². The van der Waals surface area contributed by atoms with Gasteiger partial charge in [0.15, 0.2) is 0 Å². The fourth-order valence-corrected chi connectivity index (χ4v) is 1.70. The molecule has 0 unspecified atom stereocenters. The minimum Gasteiger partial charge on any atom is -0.307 e. The third kappa shape index (κ3) is 1.93. The number of nitrogens with zero attached hydrogens (tertiary/aromatic N) is 2. The van der Waals surface area contributed by atoms with Crippen LogP contribution in [-0.2, 0) is 0 Å². The lowest BCUT2D eigenvalue weighted by Gasteiger charge is -2.03. The summed E-state index contributed by atoms with van der Waals surface area (Å²) in [5.41, 5.74) is 1.40. The lowest BCUT2D eigenvalue weighted by molar-refractivity contribution is 0.102. The van der Waals surface area contributed by atoms with Crippen molar-refractivity contribution in [3.05, 3.63) is 54.4 Å². The minimum atomic E-state index is -0.190. The maximum atomic E-state index is 12.0. The van der Waals surface area contributed by atoms with Crippen LogP contribution in [0.25, 0.3) is 10.9 Å². The summed E-state index contributed by atoms with van der Waals surface area (Å²) in [5, 5.41) is 10.5. The van der Waals surface area contributed by atoms with Gasteiger partial charge in [-0.25, -0.2) is 4.98 Å². The van der Waals surface area contributed by atoms with E-state index in [1.807, 2.05) is 12.1 Å². The van der Waals surface area contributed by atoms with Crippen molar-refractivity contribution in [2.45, 2.75) is 0 Å². The van der Waals surface area contributed by atoms with Gasteiger partial charge in [0, 0.05) is 17.1 Å². The summed E-state index contributed by atoms with van der Waals surface area (Å²) in [6, 6.07) is 10.7. The molecule has 0 spiro atoms. The van der Waals surface area contributed by atoms with E-state index in [2.05, 4.69) is 20.5 Å². The lowest BCUT2D eigenvalue weighted by Crippen LogP contribution is -2.12. The van der Waals surface area contributed by atoms with Gasteiger partial charge in [-0.2, -0.15) is 5.10 Å². The molecule has 0 saturated heterocycles. The Kier molecular flexibility index (Phi) is 2.49. The van der Waals surface area contributed by atoms with E-state index in [9.17, 15) is 4.79 Å². The van der Waals surface area contributed by atoms with E-state index >= 15 is 0 Å². The number of hydrogen-bond donors (Lipinski definition) is 2. The van der Waals surface area contributed by atoms with Crippen molar-refractivity contribution in [3.8, 4) is 0 Å². The smallest absolute Gasteiger partial charge is 0.256 e. The summed E-state index contributed by atoms with van der Waals surface area (Å²) >= 11 is 0. The van der Waals surface area contributed by atoms with Crippen molar-refractivity contribution in [3.63, 3.8) is 0 Å². The van der Waals surface area contributed by atoms with Crippen molar-refractivity contribution in [1.82, 2.24) is 15.2 Å². The molecule has 1 aromatic carbocycles. The molecule has 88 valence electrons. The molecule has 5 nitrogen and oxygen atoms in total. The number of nitrogens with one attached hydrogen (secondary N) is 2. The van der Waals surface area contributed by atoms with E-state index < -0.39 is 0 Å². The Bertz CT molecular complexity index is 690. The predicted molar refractivity (Wildman–Crippen MR) is 68.3 cm³/mol. The molecule has 0 radical (unpaired) electrons. The Morgan fingerprint density at radius 3 is 3.00 bits per heavy atom. The number of carbonyl (C=O) groups is 1. The quantitative estimate of drug-likeness (QED) is 0.719. The van der Waals surface area contributed by atoms with Gasteiger partial charge < -0.3 is 5.32 Å². The third-order valence-corrected chi connectivity index (χ3v) is 2.61. The van der Waals surface area contributed by atoms with Crippen LogP contribution in [0.15, 0.2) is 48.8 Å². The molecule has 2 N–H and O–H groups in total. The number of fused-ring (bicyclic) bond motifs is 1. The number of aromatic amines is 1. The van der Waals surface area contributed by atoms with Crippen LogP contribution in [0.4, 0.5) is 5.82 Å². The minimum absolute atomic E-state index is 0.190. The Morgan fingerprint density at radius 1 is 1.22 bits per heavy atom. The number of H-pyrrole nitrogens is 1. The molecular formula is C13H10N4O. The van der Waals surface area contributed by atoms with Gasteiger partial charge in [-0.3, -0.25) is 9.89 Å². The van der Waals surface area contributed by atoms with Crippen LogP contribution in [0.3, 0.4) is 0 Å². The van der Waals surface area contributed by atoms with Crippen molar-refractivity contribution in [2.75, 3.05) is 5.32 Å². The Morgan fingerprint density at radius 2 is 2.17 bits per heavy atom. The number of carbonyl (C=O) groups excluding carboxylic acids is 1. The van der Waals surface area contributed by atoms with E-state index in [1.54, 1.807) is 36.7 Å². The maximum Gasteiger partial charge on any atom is 0.256 e. The molecule has 0 aliphatic rings. The molecule has 0 atom stereocenters. The molecule has 2 heterocycles. The first-order valence-electron chi connectivity index (χ1n) is 5.48. The van der Waals surface area contributed by atoms with Gasteiger partial charge in [0.25, 0.3) is 5.91 Å². The summed E-state index contributed by atoms with van der Waals surface area (Å²) in [4.78, 5) is 16.0. The van der Waals surface area contributed by atoms with Gasteiger partial charge >= 0.3 is 0 Å². The lowest BCUT2D eigenvalue weighted by atomic mass is 10.1. The van der Waals surface area contributed by atoms with E-state index in [0.717, 1.165) is 10.9 Å². The van der Waals surface area contributed by atoms with Crippen LogP contribution < -0.4 is 5.32 Å². The van der Waals surface area contributed by atoms with Gasteiger partial charge in [-0.1, -0.05) is 12.1 Å². The largest absolute Gasteiger partial charge is 0.307 e. The number of anilines is 1. The summed E-state index contributed by atoms with van der Waals surface area (Å²) in [6.45, 7) is 0. The zero-order valence-electron chi connectivity index (χ0n) is 9.42. The van der Waals surface area contributed by atoms with Crippen LogP contribution in [0.2, 0.25) is 0 Å². The molecule has 0 fully saturated rings. The average molecular weight is 238 g/mol. The monoisotopic (exact) mass is 238 g/mol. The summed E-state index contributed by atoms with van der Waals surface area (Å²) < 4.78 is 0. The van der Waals surface area contributed by atoms with Crippen molar-refractivity contribution < 1.29 is 4.79 Å². The van der Waals surface area contributed by atoms with E-state index in [4.69, 9.17) is 0 Å². The van der Waals surface area contributed by atoms with E-state index in [-0.39, 0.29) is 5.91 Å². The number of rotatable bonds is 2. The first-order valence-corrected chi connectivity index (χ1v) is 5.48. The molecule has 18 heavy (non-hydrogen) atoms. The maximum absolute atomic E-state index is 12.0. The topological polar surface area (TPSA) is 70.7 Å². The summed E-state index contributed by atoms with van der Waals surface area (Å²) in [7, 11) is 0. The second kappa shape index (κ2) is 4.29. The molecule has 0 bridgehead atoms. The standard InChI is InChI=1S/C13H10N4O/c18-13(16-12-3-1-2-6-14-12)9-4-5-10-8-15-17-11(10)7-9/h1-8H,(H,15,17)(H,14,16,18). The normalized spacial score (nSPS) is 10.4. The summed E-state index contributed by atoms with van der Waals surface area (Å²) in [5.74, 6) is 0.345. The fourth-order valence-electron chi connectivity index (χ4n) is 1.70. The van der Waals surface area contributed by atoms with Gasteiger partial charge in [-0.05, 0) is 24.3 Å². The van der Waals surface area contributed by atoms with Gasteiger partial charge in [0.1, 0.15) is 5.82 Å². The van der Waals surface area contributed by atoms with Gasteiger partial charge in [0.05, 0.1) is 11.7 Å². The van der Waals surface area contributed by atoms with Crippen LogP contribution in [0.1, 0.15) is 10.4 Å². The molecule has 5 heteroatoms. The molecule has 1 amide bonds. The Hall–Kier alpha value is -2.69. The zero-order valence-corrected chi connectivity index (χ0v) is 9.42. The first-order chi connectivity index (χ1) is 8.83. The molecule has 0 saturated carbocycles. The first kappa shape index (κ1) is 10.5. The molecule has 2 aromatic heterocycles. The van der Waals surface area contributed by atoms with Gasteiger partial charge in [-0.15, -0.1) is 0 Å². The molecule has 3 aromatic rings. The van der Waals surface area contributed by atoms with Crippen LogP contribution in [-0.4, -0.2) is 21.1 Å². The van der Waals surface area contributed by atoms with Crippen molar-refractivity contribution in [2.24, 2.45) is 0 Å². The SMILES string of the molecule is O=C(Nc1ccccn1)c1ccc2cn[nH]c2c1.